The van der Waals surface area contributed by atoms with E-state index in [2.05, 4.69) is 41.3 Å². The van der Waals surface area contributed by atoms with Crippen LogP contribution in [0.25, 0.3) is 0 Å². The number of fused-ring (bicyclic) bond motifs is 2. The molecular formula is C20H25NO. The van der Waals surface area contributed by atoms with E-state index in [0.717, 1.165) is 26.1 Å². The second-order valence-corrected chi connectivity index (χ2v) is 6.25. The lowest BCUT2D eigenvalue weighted by atomic mass is 9.74. The van der Waals surface area contributed by atoms with Gasteiger partial charge in [-0.05, 0) is 41.7 Å². The van der Waals surface area contributed by atoms with Gasteiger partial charge in [0, 0.05) is 25.0 Å². The summed E-state index contributed by atoms with van der Waals surface area (Å²) < 4.78 is 0. The Hall–Kier alpha value is -1.80. The second kappa shape index (κ2) is 6.13. The summed E-state index contributed by atoms with van der Waals surface area (Å²) in [6.07, 6.45) is 2.39. The maximum absolute atomic E-state index is 9.74. The van der Waals surface area contributed by atoms with Gasteiger partial charge in [-0.2, -0.15) is 0 Å². The Labute approximate surface area is 133 Å². The summed E-state index contributed by atoms with van der Waals surface area (Å²) in [6.45, 7) is 7.29. The Balaban J connectivity index is 0.000000693. The van der Waals surface area contributed by atoms with Crippen LogP contribution in [-0.4, -0.2) is 23.1 Å². The van der Waals surface area contributed by atoms with Crippen LogP contribution in [0.2, 0.25) is 0 Å². The number of aryl methyl sites for hydroxylation is 1. The molecule has 4 rings (SSSR count). The molecule has 0 saturated carbocycles. The van der Waals surface area contributed by atoms with Crippen LogP contribution in [0, 0.1) is 0 Å². The van der Waals surface area contributed by atoms with Gasteiger partial charge in [0.15, 0.2) is 0 Å². The first-order valence-electron chi connectivity index (χ1n) is 8.34. The SMILES string of the molecule is CC.Oc1ccc2c(c1)C1(CC2)CN(Cc2ccccc2)C1. The fourth-order valence-corrected chi connectivity index (χ4v) is 3.88. The average Bonchev–Trinajstić information content (AvgIpc) is 2.89. The average molecular weight is 295 g/mol. The Morgan fingerprint density at radius 2 is 1.77 bits per heavy atom. The van der Waals surface area contributed by atoms with Crippen LogP contribution in [0.3, 0.4) is 0 Å². The summed E-state index contributed by atoms with van der Waals surface area (Å²) >= 11 is 0. The molecule has 0 aromatic heterocycles. The molecule has 2 aliphatic rings. The zero-order valence-electron chi connectivity index (χ0n) is 13.5. The van der Waals surface area contributed by atoms with Crippen molar-refractivity contribution in [2.75, 3.05) is 13.1 Å². The van der Waals surface area contributed by atoms with E-state index < -0.39 is 0 Å². The van der Waals surface area contributed by atoms with Crippen molar-refractivity contribution in [3.05, 3.63) is 65.2 Å². The van der Waals surface area contributed by atoms with Crippen molar-refractivity contribution in [3.63, 3.8) is 0 Å². The van der Waals surface area contributed by atoms with Crippen molar-refractivity contribution < 1.29 is 5.11 Å². The molecule has 1 aliphatic carbocycles. The van der Waals surface area contributed by atoms with Gasteiger partial charge in [-0.3, -0.25) is 4.90 Å². The molecular weight excluding hydrogens is 270 g/mol. The van der Waals surface area contributed by atoms with Crippen molar-refractivity contribution in [1.29, 1.82) is 0 Å². The Bertz CT molecular complexity index is 629. The van der Waals surface area contributed by atoms with Crippen molar-refractivity contribution in [2.24, 2.45) is 0 Å². The van der Waals surface area contributed by atoms with Crippen molar-refractivity contribution in [1.82, 2.24) is 4.90 Å². The summed E-state index contributed by atoms with van der Waals surface area (Å²) in [5.74, 6) is 0.409. The third-order valence-corrected chi connectivity index (χ3v) is 4.84. The predicted molar refractivity (Wildman–Crippen MR) is 91.2 cm³/mol. The Morgan fingerprint density at radius 1 is 1.05 bits per heavy atom. The maximum Gasteiger partial charge on any atom is 0.115 e. The summed E-state index contributed by atoms with van der Waals surface area (Å²) in [5, 5.41) is 9.74. The van der Waals surface area contributed by atoms with Crippen molar-refractivity contribution in [3.8, 4) is 5.75 Å². The smallest absolute Gasteiger partial charge is 0.115 e. The molecule has 1 heterocycles. The van der Waals surface area contributed by atoms with Gasteiger partial charge in [0.2, 0.25) is 0 Å². The zero-order chi connectivity index (χ0) is 15.6. The highest BCUT2D eigenvalue weighted by molar-refractivity contribution is 5.46. The lowest BCUT2D eigenvalue weighted by Crippen LogP contribution is -2.57. The quantitative estimate of drug-likeness (QED) is 0.901. The number of hydrogen-bond donors (Lipinski definition) is 1. The lowest BCUT2D eigenvalue weighted by Gasteiger charge is -2.49. The summed E-state index contributed by atoms with van der Waals surface area (Å²) in [6, 6.07) is 16.6. The van der Waals surface area contributed by atoms with Gasteiger partial charge in [0.1, 0.15) is 5.75 Å². The van der Waals surface area contributed by atoms with Crippen LogP contribution in [0.5, 0.6) is 5.75 Å². The zero-order valence-corrected chi connectivity index (χ0v) is 13.5. The Morgan fingerprint density at radius 3 is 2.50 bits per heavy atom. The van der Waals surface area contributed by atoms with E-state index in [1.54, 1.807) is 0 Å². The van der Waals surface area contributed by atoms with Crippen LogP contribution < -0.4 is 0 Å². The van der Waals surface area contributed by atoms with Gasteiger partial charge in [-0.25, -0.2) is 0 Å². The molecule has 2 heteroatoms. The predicted octanol–water partition coefficient (Wildman–Crippen LogP) is 4.12. The van der Waals surface area contributed by atoms with Crippen LogP contribution >= 0.6 is 0 Å². The van der Waals surface area contributed by atoms with E-state index in [1.807, 2.05) is 26.0 Å². The van der Waals surface area contributed by atoms with E-state index in [-0.39, 0.29) is 0 Å². The molecule has 1 N–H and O–H groups in total. The molecule has 0 atom stereocenters. The molecule has 1 saturated heterocycles. The molecule has 0 unspecified atom stereocenters. The molecule has 116 valence electrons. The van der Waals surface area contributed by atoms with E-state index in [9.17, 15) is 5.11 Å². The van der Waals surface area contributed by atoms with Gasteiger partial charge in [0.05, 0.1) is 0 Å². The van der Waals surface area contributed by atoms with Crippen LogP contribution in [0.4, 0.5) is 0 Å². The van der Waals surface area contributed by atoms with Crippen LogP contribution in [0.15, 0.2) is 48.5 Å². The van der Waals surface area contributed by atoms with Crippen LogP contribution in [-0.2, 0) is 18.4 Å². The third kappa shape index (κ3) is 2.64. The van der Waals surface area contributed by atoms with Gasteiger partial charge < -0.3 is 5.11 Å². The lowest BCUT2D eigenvalue weighted by molar-refractivity contribution is 0.0582. The molecule has 1 aliphatic heterocycles. The van der Waals surface area contributed by atoms with Gasteiger partial charge in [-0.15, -0.1) is 0 Å². The highest BCUT2D eigenvalue weighted by Crippen LogP contribution is 2.46. The minimum Gasteiger partial charge on any atom is -0.508 e. The third-order valence-electron chi connectivity index (χ3n) is 4.84. The molecule has 1 fully saturated rings. The fraction of sp³-hybridized carbons (Fsp3) is 0.400. The standard InChI is InChI=1S/C18H19NO.C2H6/c20-16-7-6-15-8-9-18(17(15)10-16)12-19(13-18)11-14-4-2-1-3-5-14;1-2/h1-7,10,20H,8-9,11-13H2;1-2H3. The molecule has 2 nitrogen and oxygen atoms in total. The number of benzene rings is 2. The number of phenolic OH excluding ortho intramolecular Hbond substituents is 1. The van der Waals surface area contributed by atoms with Crippen molar-refractivity contribution >= 4 is 0 Å². The Kier molecular flexibility index (Phi) is 4.21. The molecule has 2 aromatic carbocycles. The number of hydrogen-bond acceptors (Lipinski definition) is 2. The number of phenols is 1. The van der Waals surface area contributed by atoms with E-state index in [4.69, 9.17) is 0 Å². The minimum absolute atomic E-state index is 0.308. The summed E-state index contributed by atoms with van der Waals surface area (Å²) in [7, 11) is 0. The number of aromatic hydroxyl groups is 1. The highest BCUT2D eigenvalue weighted by Gasteiger charge is 2.47. The summed E-state index contributed by atoms with van der Waals surface area (Å²) in [4.78, 5) is 2.51. The normalized spacial score (nSPS) is 18.3. The molecule has 0 radical (unpaired) electrons. The van der Waals surface area contributed by atoms with Crippen molar-refractivity contribution in [2.45, 2.75) is 38.6 Å². The largest absolute Gasteiger partial charge is 0.508 e. The number of likely N-dealkylation sites (tertiary alicyclic amines) is 1. The van der Waals surface area contributed by atoms with E-state index in [1.165, 1.54) is 23.1 Å². The fourth-order valence-electron chi connectivity index (χ4n) is 3.88. The topological polar surface area (TPSA) is 23.5 Å². The monoisotopic (exact) mass is 295 g/mol. The summed E-state index contributed by atoms with van der Waals surface area (Å²) in [5.41, 5.74) is 4.52. The molecule has 0 amide bonds. The van der Waals surface area contributed by atoms with Gasteiger partial charge >= 0.3 is 0 Å². The molecule has 0 bridgehead atoms. The van der Waals surface area contributed by atoms with E-state index in [0.29, 0.717) is 11.2 Å². The highest BCUT2D eigenvalue weighted by atomic mass is 16.3. The molecule has 2 aromatic rings. The second-order valence-electron chi connectivity index (χ2n) is 6.25. The minimum atomic E-state index is 0.308. The maximum atomic E-state index is 9.74. The molecule has 1 spiro atoms. The number of nitrogens with zero attached hydrogens (tertiary/aromatic N) is 1. The first-order chi connectivity index (χ1) is 10.8. The first-order valence-corrected chi connectivity index (χ1v) is 8.34. The van der Waals surface area contributed by atoms with Gasteiger partial charge in [-0.1, -0.05) is 50.2 Å². The van der Waals surface area contributed by atoms with Crippen LogP contribution in [0.1, 0.15) is 37.0 Å². The molecule has 22 heavy (non-hydrogen) atoms. The number of rotatable bonds is 2. The first kappa shape index (κ1) is 15.1. The van der Waals surface area contributed by atoms with Gasteiger partial charge in [0.25, 0.3) is 0 Å². The van der Waals surface area contributed by atoms with E-state index >= 15 is 0 Å².